The molecule has 0 aliphatic carbocycles. The number of nitrogens with zero attached hydrogens (tertiary/aromatic N) is 1. The summed E-state index contributed by atoms with van der Waals surface area (Å²) in [6.07, 6.45) is 1.10. The lowest BCUT2D eigenvalue weighted by atomic mass is 10.2. The Bertz CT molecular complexity index is 352. The van der Waals surface area contributed by atoms with Gasteiger partial charge in [-0.25, -0.2) is 0 Å². The van der Waals surface area contributed by atoms with Gasteiger partial charge < -0.3 is 20.4 Å². The fourth-order valence-corrected chi connectivity index (χ4v) is 1.89. The highest BCUT2D eigenvalue weighted by Gasteiger charge is 2.02. The Morgan fingerprint density at radius 2 is 1.89 bits per heavy atom. The van der Waals surface area contributed by atoms with E-state index in [-0.39, 0.29) is 11.5 Å². The van der Waals surface area contributed by atoms with E-state index in [4.69, 9.17) is 0 Å². The van der Waals surface area contributed by atoms with Crippen LogP contribution in [0.25, 0.3) is 0 Å². The number of hydrogen-bond acceptors (Lipinski definition) is 4. The van der Waals surface area contributed by atoms with Crippen molar-refractivity contribution in [3.05, 3.63) is 23.8 Å². The van der Waals surface area contributed by atoms with E-state index in [0.29, 0.717) is 6.54 Å². The standard InChI is InChI=1S/C14H24N2O2/c1-3-16(4-2)9-5-8-15-11-12-6-7-13(17)10-14(12)18/h6-7,10,15,17-18H,3-5,8-9,11H2,1-2H3. The predicted molar refractivity (Wildman–Crippen MR) is 73.9 cm³/mol. The Hall–Kier alpha value is -1.26. The molecule has 1 aromatic rings. The van der Waals surface area contributed by atoms with Gasteiger partial charge in [0, 0.05) is 18.2 Å². The van der Waals surface area contributed by atoms with Gasteiger partial charge in [0.05, 0.1) is 0 Å². The highest BCUT2D eigenvalue weighted by atomic mass is 16.3. The largest absolute Gasteiger partial charge is 0.508 e. The molecule has 0 amide bonds. The average Bonchev–Trinajstić information content (AvgIpc) is 2.36. The highest BCUT2D eigenvalue weighted by molar-refractivity contribution is 5.38. The van der Waals surface area contributed by atoms with Gasteiger partial charge in [0.1, 0.15) is 11.5 Å². The minimum Gasteiger partial charge on any atom is -0.508 e. The SMILES string of the molecule is CCN(CC)CCCNCc1ccc(O)cc1O. The molecule has 3 N–H and O–H groups in total. The molecule has 1 aromatic carbocycles. The van der Waals surface area contributed by atoms with Gasteiger partial charge >= 0.3 is 0 Å². The van der Waals surface area contributed by atoms with Crippen LogP contribution in [0.1, 0.15) is 25.8 Å². The number of phenolic OH excluding ortho intramolecular Hbond substituents is 2. The first kappa shape index (κ1) is 14.8. The number of phenols is 2. The summed E-state index contributed by atoms with van der Waals surface area (Å²) in [6, 6.07) is 4.70. The second-order valence-electron chi connectivity index (χ2n) is 4.37. The maximum Gasteiger partial charge on any atom is 0.123 e. The molecule has 0 fully saturated rings. The maximum atomic E-state index is 9.60. The van der Waals surface area contributed by atoms with Crippen molar-refractivity contribution in [1.29, 1.82) is 0 Å². The van der Waals surface area contributed by atoms with Crippen molar-refractivity contribution in [3.8, 4) is 11.5 Å². The van der Waals surface area contributed by atoms with E-state index < -0.39 is 0 Å². The molecule has 102 valence electrons. The van der Waals surface area contributed by atoms with Crippen molar-refractivity contribution in [2.45, 2.75) is 26.8 Å². The van der Waals surface area contributed by atoms with Crippen molar-refractivity contribution in [2.75, 3.05) is 26.2 Å². The van der Waals surface area contributed by atoms with Gasteiger partial charge in [-0.3, -0.25) is 0 Å². The second-order valence-corrected chi connectivity index (χ2v) is 4.37. The number of aromatic hydroxyl groups is 2. The van der Waals surface area contributed by atoms with Crippen molar-refractivity contribution in [1.82, 2.24) is 10.2 Å². The van der Waals surface area contributed by atoms with E-state index in [2.05, 4.69) is 24.1 Å². The van der Waals surface area contributed by atoms with Crippen LogP contribution in [0.3, 0.4) is 0 Å². The molecule has 0 spiro atoms. The van der Waals surface area contributed by atoms with E-state index in [9.17, 15) is 10.2 Å². The first-order valence-corrected chi connectivity index (χ1v) is 6.61. The first-order valence-electron chi connectivity index (χ1n) is 6.61. The molecule has 0 aromatic heterocycles. The lowest BCUT2D eigenvalue weighted by Crippen LogP contribution is -2.27. The first-order chi connectivity index (χ1) is 8.67. The zero-order valence-electron chi connectivity index (χ0n) is 11.3. The minimum absolute atomic E-state index is 0.0952. The van der Waals surface area contributed by atoms with Crippen LogP contribution in [0.5, 0.6) is 11.5 Å². The quantitative estimate of drug-likeness (QED) is 0.619. The zero-order valence-corrected chi connectivity index (χ0v) is 11.3. The van der Waals surface area contributed by atoms with E-state index in [1.807, 2.05) is 0 Å². The monoisotopic (exact) mass is 252 g/mol. The summed E-state index contributed by atoms with van der Waals surface area (Å²) in [5, 5.41) is 22.1. The van der Waals surface area contributed by atoms with Crippen LogP contribution in [0.2, 0.25) is 0 Å². The summed E-state index contributed by atoms with van der Waals surface area (Å²) < 4.78 is 0. The Labute approximate surface area is 109 Å². The van der Waals surface area contributed by atoms with E-state index >= 15 is 0 Å². The molecular weight excluding hydrogens is 228 g/mol. The van der Waals surface area contributed by atoms with Gasteiger partial charge in [-0.15, -0.1) is 0 Å². The fourth-order valence-electron chi connectivity index (χ4n) is 1.89. The summed E-state index contributed by atoms with van der Waals surface area (Å²) in [7, 11) is 0. The van der Waals surface area contributed by atoms with Crippen LogP contribution < -0.4 is 5.32 Å². The van der Waals surface area contributed by atoms with Gasteiger partial charge in [-0.05, 0) is 38.7 Å². The van der Waals surface area contributed by atoms with Gasteiger partial charge in [0.25, 0.3) is 0 Å². The Morgan fingerprint density at radius 1 is 1.17 bits per heavy atom. The van der Waals surface area contributed by atoms with Crippen LogP contribution in [0.4, 0.5) is 0 Å². The third-order valence-corrected chi connectivity index (χ3v) is 3.11. The molecule has 0 heterocycles. The number of nitrogens with one attached hydrogen (secondary N) is 1. The summed E-state index contributed by atoms with van der Waals surface area (Å²) in [5.41, 5.74) is 0.815. The number of rotatable bonds is 8. The van der Waals surface area contributed by atoms with E-state index in [1.54, 1.807) is 12.1 Å². The summed E-state index contributed by atoms with van der Waals surface area (Å²) in [4.78, 5) is 2.39. The van der Waals surface area contributed by atoms with Gasteiger partial charge in [-0.1, -0.05) is 19.9 Å². The molecule has 0 atom stereocenters. The number of hydrogen-bond donors (Lipinski definition) is 3. The van der Waals surface area contributed by atoms with Crippen molar-refractivity contribution in [2.24, 2.45) is 0 Å². The molecule has 0 saturated carbocycles. The van der Waals surface area contributed by atoms with Gasteiger partial charge in [0.2, 0.25) is 0 Å². The van der Waals surface area contributed by atoms with E-state index in [0.717, 1.165) is 38.2 Å². The normalized spacial score (nSPS) is 11.1. The zero-order chi connectivity index (χ0) is 13.4. The molecule has 0 unspecified atom stereocenters. The van der Waals surface area contributed by atoms with Crippen LogP contribution >= 0.6 is 0 Å². The highest BCUT2D eigenvalue weighted by Crippen LogP contribution is 2.22. The molecule has 0 radical (unpaired) electrons. The molecule has 18 heavy (non-hydrogen) atoms. The van der Waals surface area contributed by atoms with Crippen molar-refractivity contribution >= 4 is 0 Å². The van der Waals surface area contributed by atoms with Gasteiger partial charge in [-0.2, -0.15) is 0 Å². The third-order valence-electron chi connectivity index (χ3n) is 3.11. The summed E-state index contributed by atoms with van der Waals surface area (Å²) in [6.45, 7) is 9.18. The maximum absolute atomic E-state index is 9.60. The van der Waals surface area contributed by atoms with Crippen LogP contribution in [-0.2, 0) is 6.54 Å². The molecule has 1 rings (SSSR count). The van der Waals surface area contributed by atoms with Gasteiger partial charge in [0.15, 0.2) is 0 Å². The third kappa shape index (κ3) is 4.94. The van der Waals surface area contributed by atoms with E-state index in [1.165, 1.54) is 6.07 Å². The second kappa shape index (κ2) is 7.95. The Balaban J connectivity index is 2.21. The molecule has 0 saturated heterocycles. The molecule has 4 heteroatoms. The molecule has 0 aliphatic rings. The van der Waals surface area contributed by atoms with Crippen molar-refractivity contribution < 1.29 is 10.2 Å². The predicted octanol–water partition coefficient (Wildman–Crippen LogP) is 1.92. The minimum atomic E-state index is 0.0952. The summed E-state index contributed by atoms with van der Waals surface area (Å²) in [5.74, 6) is 0.240. The average molecular weight is 252 g/mol. The fraction of sp³-hybridized carbons (Fsp3) is 0.571. The van der Waals surface area contributed by atoms with Crippen molar-refractivity contribution in [3.63, 3.8) is 0 Å². The molecular formula is C14H24N2O2. The van der Waals surface area contributed by atoms with Crippen LogP contribution in [0, 0.1) is 0 Å². The summed E-state index contributed by atoms with van der Waals surface area (Å²) >= 11 is 0. The van der Waals surface area contributed by atoms with Crippen LogP contribution in [0.15, 0.2) is 18.2 Å². The molecule has 0 bridgehead atoms. The topological polar surface area (TPSA) is 55.7 Å². The lowest BCUT2D eigenvalue weighted by molar-refractivity contribution is 0.298. The van der Waals surface area contributed by atoms with Crippen LogP contribution in [-0.4, -0.2) is 41.3 Å². The lowest BCUT2D eigenvalue weighted by Gasteiger charge is -2.17. The smallest absolute Gasteiger partial charge is 0.123 e. The Kier molecular flexibility index (Phi) is 6.54. The number of benzene rings is 1. The molecule has 4 nitrogen and oxygen atoms in total. The molecule has 0 aliphatic heterocycles. The Morgan fingerprint density at radius 3 is 2.50 bits per heavy atom.